The minimum absolute atomic E-state index is 0.548. The molecule has 0 aliphatic carbocycles. The Bertz CT molecular complexity index is 274. The first kappa shape index (κ1) is 13.6. The number of nitrogens with two attached hydrogens (primary N) is 1. The third-order valence-electron chi connectivity index (χ3n) is 1.79. The van der Waals surface area contributed by atoms with Crippen LogP contribution in [0.4, 0.5) is 0 Å². The van der Waals surface area contributed by atoms with E-state index in [4.69, 9.17) is 5.84 Å². The highest BCUT2D eigenvalue weighted by molar-refractivity contribution is 6.08. The molecule has 0 saturated heterocycles. The number of allylic oxidation sites excluding steroid dienone is 2. The lowest BCUT2D eigenvalue weighted by Crippen LogP contribution is -2.17. The predicted octanol–water partition coefficient (Wildman–Crippen LogP) is 1.66. The van der Waals surface area contributed by atoms with E-state index in [1.54, 1.807) is 19.4 Å². The van der Waals surface area contributed by atoms with Gasteiger partial charge in [0.25, 0.3) is 0 Å². The number of hydrogen-bond acceptors (Lipinski definition) is 4. The Morgan fingerprint density at radius 3 is 2.60 bits per heavy atom. The molecule has 0 atom stereocenters. The molecular formula is C11H20N4. The Morgan fingerprint density at radius 1 is 1.53 bits per heavy atom. The number of nitrogens with zero attached hydrogens (tertiary/aromatic N) is 2. The van der Waals surface area contributed by atoms with Crippen molar-refractivity contribution in [3.05, 3.63) is 24.0 Å². The lowest BCUT2D eigenvalue weighted by atomic mass is 10.00. The number of hydrogen-bond donors (Lipinski definition) is 2. The van der Waals surface area contributed by atoms with Crippen LogP contribution in [0.25, 0.3) is 0 Å². The molecule has 0 heterocycles. The maximum absolute atomic E-state index is 5.29. The highest BCUT2D eigenvalue weighted by atomic mass is 15.2. The summed E-state index contributed by atoms with van der Waals surface area (Å²) in [6.45, 7) is 7.67. The van der Waals surface area contributed by atoms with E-state index in [0.717, 1.165) is 17.7 Å². The zero-order valence-electron chi connectivity index (χ0n) is 9.70. The van der Waals surface area contributed by atoms with Crippen LogP contribution in [0.15, 0.2) is 34.0 Å². The van der Waals surface area contributed by atoms with Gasteiger partial charge in [-0.1, -0.05) is 13.8 Å². The zero-order valence-corrected chi connectivity index (χ0v) is 9.70. The second-order valence-corrected chi connectivity index (χ2v) is 3.54. The van der Waals surface area contributed by atoms with Gasteiger partial charge in [-0.25, -0.2) is 0 Å². The van der Waals surface area contributed by atoms with Crippen LogP contribution in [0.3, 0.4) is 0 Å². The third kappa shape index (κ3) is 5.80. The summed E-state index contributed by atoms with van der Waals surface area (Å²) in [7, 11) is 1.74. The first-order valence-corrected chi connectivity index (χ1v) is 4.90. The van der Waals surface area contributed by atoms with Crippen LogP contribution in [0.2, 0.25) is 0 Å². The second-order valence-electron chi connectivity index (χ2n) is 3.54. The molecule has 0 spiro atoms. The molecule has 0 rings (SSSR count). The Hall–Kier alpha value is -1.42. The van der Waals surface area contributed by atoms with E-state index in [1.807, 2.05) is 6.08 Å². The number of hydrazine groups is 1. The minimum Gasteiger partial charge on any atom is -0.331 e. The van der Waals surface area contributed by atoms with Crippen molar-refractivity contribution in [2.24, 2.45) is 21.7 Å². The van der Waals surface area contributed by atoms with Crippen LogP contribution >= 0.6 is 0 Å². The molecule has 0 aliphatic rings. The first-order chi connectivity index (χ1) is 7.15. The zero-order chi connectivity index (χ0) is 11.7. The fraction of sp³-hybridized carbons (Fsp3) is 0.455. The van der Waals surface area contributed by atoms with E-state index in [0.29, 0.717) is 5.92 Å². The molecule has 0 fully saturated rings. The fourth-order valence-electron chi connectivity index (χ4n) is 1.23. The highest BCUT2D eigenvalue weighted by Crippen LogP contribution is 2.12. The maximum atomic E-state index is 5.29. The molecule has 0 aromatic carbocycles. The standard InChI is InChI=1S/C11H20N4/c1-9(2)7-10(8-15-12)11(14-4)5-6-13-3/h5-6,8-9,15H,3,7,12H2,1-2,4H3/b6-5-,10-8+,14-11?. The van der Waals surface area contributed by atoms with E-state index < -0.39 is 0 Å². The number of aliphatic imine (C=N–C) groups is 2. The molecule has 0 aromatic rings. The van der Waals surface area contributed by atoms with Crippen LogP contribution in [-0.4, -0.2) is 19.5 Å². The van der Waals surface area contributed by atoms with E-state index in [1.165, 1.54) is 0 Å². The van der Waals surface area contributed by atoms with Crippen molar-refractivity contribution in [2.45, 2.75) is 20.3 Å². The van der Waals surface area contributed by atoms with Crippen molar-refractivity contribution in [3.63, 3.8) is 0 Å². The van der Waals surface area contributed by atoms with Crippen molar-refractivity contribution in [1.29, 1.82) is 0 Å². The van der Waals surface area contributed by atoms with E-state index in [2.05, 4.69) is 36.0 Å². The molecule has 0 saturated carbocycles. The quantitative estimate of drug-likeness (QED) is 0.396. The lowest BCUT2D eigenvalue weighted by Gasteiger charge is -2.09. The molecule has 4 nitrogen and oxygen atoms in total. The molecule has 0 radical (unpaired) electrons. The van der Waals surface area contributed by atoms with E-state index in [-0.39, 0.29) is 0 Å². The fourth-order valence-corrected chi connectivity index (χ4v) is 1.23. The largest absolute Gasteiger partial charge is 0.331 e. The summed E-state index contributed by atoms with van der Waals surface area (Å²) in [5.74, 6) is 5.83. The summed E-state index contributed by atoms with van der Waals surface area (Å²) in [5.41, 5.74) is 4.48. The summed E-state index contributed by atoms with van der Waals surface area (Å²) in [6, 6.07) is 0. The Kier molecular flexibility index (Phi) is 7.18. The molecule has 0 bridgehead atoms. The average Bonchev–Trinajstić information content (AvgIpc) is 2.18. The normalized spacial score (nSPS) is 13.7. The van der Waals surface area contributed by atoms with Crippen molar-refractivity contribution in [1.82, 2.24) is 5.43 Å². The molecule has 15 heavy (non-hydrogen) atoms. The molecule has 3 N–H and O–H groups in total. The first-order valence-electron chi connectivity index (χ1n) is 4.90. The van der Waals surface area contributed by atoms with Gasteiger partial charge in [-0.3, -0.25) is 15.8 Å². The monoisotopic (exact) mass is 208 g/mol. The summed E-state index contributed by atoms with van der Waals surface area (Å²) >= 11 is 0. The Morgan fingerprint density at radius 2 is 2.20 bits per heavy atom. The van der Waals surface area contributed by atoms with Gasteiger partial charge < -0.3 is 5.43 Å². The van der Waals surface area contributed by atoms with Crippen LogP contribution < -0.4 is 11.3 Å². The average molecular weight is 208 g/mol. The van der Waals surface area contributed by atoms with Crippen molar-refractivity contribution in [2.75, 3.05) is 7.05 Å². The molecular weight excluding hydrogens is 188 g/mol. The summed E-state index contributed by atoms with van der Waals surface area (Å²) in [4.78, 5) is 7.83. The molecule has 0 unspecified atom stereocenters. The van der Waals surface area contributed by atoms with E-state index >= 15 is 0 Å². The number of nitrogens with one attached hydrogen (secondary N) is 1. The van der Waals surface area contributed by atoms with Gasteiger partial charge in [-0.05, 0) is 30.7 Å². The Balaban J connectivity index is 4.80. The lowest BCUT2D eigenvalue weighted by molar-refractivity contribution is 0.650. The van der Waals surface area contributed by atoms with Crippen LogP contribution in [-0.2, 0) is 0 Å². The van der Waals surface area contributed by atoms with Crippen LogP contribution in [0, 0.1) is 5.92 Å². The van der Waals surface area contributed by atoms with Crippen molar-refractivity contribution < 1.29 is 0 Å². The van der Waals surface area contributed by atoms with Gasteiger partial charge in [0.15, 0.2) is 0 Å². The van der Waals surface area contributed by atoms with Gasteiger partial charge in [-0.15, -0.1) is 0 Å². The molecule has 0 aliphatic heterocycles. The second kappa shape index (κ2) is 7.94. The van der Waals surface area contributed by atoms with Gasteiger partial charge in [0, 0.05) is 19.4 Å². The summed E-state index contributed by atoms with van der Waals surface area (Å²) in [6.07, 6.45) is 6.11. The van der Waals surface area contributed by atoms with Crippen LogP contribution in [0.5, 0.6) is 0 Å². The number of rotatable bonds is 6. The van der Waals surface area contributed by atoms with Crippen molar-refractivity contribution >= 4 is 12.4 Å². The van der Waals surface area contributed by atoms with Crippen LogP contribution in [0.1, 0.15) is 20.3 Å². The van der Waals surface area contributed by atoms with Gasteiger partial charge in [0.1, 0.15) is 0 Å². The Labute approximate surface area is 91.7 Å². The maximum Gasteiger partial charge on any atom is 0.0633 e. The topological polar surface area (TPSA) is 62.8 Å². The third-order valence-corrected chi connectivity index (χ3v) is 1.79. The summed E-state index contributed by atoms with van der Waals surface area (Å²) < 4.78 is 0. The SMILES string of the molecule is C=N/C=C\C(=NC)/C(=C/NN)CC(C)C. The minimum atomic E-state index is 0.548. The predicted molar refractivity (Wildman–Crippen MR) is 66.9 cm³/mol. The van der Waals surface area contributed by atoms with Gasteiger partial charge in [-0.2, -0.15) is 0 Å². The van der Waals surface area contributed by atoms with E-state index in [9.17, 15) is 0 Å². The molecule has 0 aromatic heterocycles. The van der Waals surface area contributed by atoms with Gasteiger partial charge >= 0.3 is 0 Å². The van der Waals surface area contributed by atoms with Gasteiger partial charge in [0.2, 0.25) is 0 Å². The molecule has 0 amide bonds. The highest BCUT2D eigenvalue weighted by Gasteiger charge is 2.05. The molecule has 4 heteroatoms. The van der Waals surface area contributed by atoms with Crippen molar-refractivity contribution in [3.8, 4) is 0 Å². The smallest absolute Gasteiger partial charge is 0.0633 e. The summed E-state index contributed by atoms with van der Waals surface area (Å²) in [5, 5.41) is 0. The molecule has 84 valence electrons. The van der Waals surface area contributed by atoms with Gasteiger partial charge in [0.05, 0.1) is 5.71 Å².